The lowest BCUT2D eigenvalue weighted by atomic mass is 9.94. The fourth-order valence-corrected chi connectivity index (χ4v) is 5.93. The summed E-state index contributed by atoms with van der Waals surface area (Å²) in [6.45, 7) is 9.37. The molecule has 2 fully saturated rings. The van der Waals surface area contributed by atoms with E-state index in [4.69, 9.17) is 9.47 Å². The summed E-state index contributed by atoms with van der Waals surface area (Å²) >= 11 is 0. The highest BCUT2D eigenvalue weighted by atomic mass is 16.5. The van der Waals surface area contributed by atoms with E-state index in [0.717, 1.165) is 69.5 Å². The van der Waals surface area contributed by atoms with Crippen LogP contribution in [0.3, 0.4) is 0 Å². The van der Waals surface area contributed by atoms with Crippen LogP contribution in [-0.2, 0) is 27.2 Å². The van der Waals surface area contributed by atoms with Gasteiger partial charge in [0.2, 0.25) is 5.91 Å². The van der Waals surface area contributed by atoms with Crippen molar-refractivity contribution in [2.45, 2.75) is 58.0 Å². The molecule has 0 atom stereocenters. The third kappa shape index (κ3) is 6.22. The SMILES string of the molecule is CC\C1=C/C=C(c2ccc3c(c2)CCN(CC(=O)N2CCN(C4CCCC4)CC2)C3)\C=C\OCCO1. The van der Waals surface area contributed by atoms with Gasteiger partial charge in [-0.2, -0.15) is 0 Å². The first kappa shape index (κ1) is 25.1. The van der Waals surface area contributed by atoms with Crippen molar-refractivity contribution in [3.8, 4) is 0 Å². The molecule has 3 heterocycles. The van der Waals surface area contributed by atoms with Crippen molar-refractivity contribution in [3.63, 3.8) is 0 Å². The molecule has 1 saturated heterocycles. The van der Waals surface area contributed by atoms with Gasteiger partial charge >= 0.3 is 0 Å². The summed E-state index contributed by atoms with van der Waals surface area (Å²) in [6, 6.07) is 7.49. The molecular formula is C30H41N3O3. The van der Waals surface area contributed by atoms with Crippen molar-refractivity contribution in [2.75, 3.05) is 52.5 Å². The van der Waals surface area contributed by atoms with Gasteiger partial charge < -0.3 is 14.4 Å². The van der Waals surface area contributed by atoms with Crippen LogP contribution in [0.2, 0.25) is 0 Å². The molecule has 3 aliphatic heterocycles. The Morgan fingerprint density at radius 3 is 2.64 bits per heavy atom. The maximum atomic E-state index is 13.1. The lowest BCUT2D eigenvalue weighted by Crippen LogP contribution is -2.53. The molecule has 1 aliphatic carbocycles. The predicted molar refractivity (Wildman–Crippen MR) is 143 cm³/mol. The first-order valence-electron chi connectivity index (χ1n) is 13.9. The van der Waals surface area contributed by atoms with Crippen LogP contribution in [0.5, 0.6) is 0 Å². The number of fused-ring (bicyclic) bond motifs is 1. The van der Waals surface area contributed by atoms with Gasteiger partial charge in [-0.05, 0) is 53.7 Å². The van der Waals surface area contributed by atoms with E-state index < -0.39 is 0 Å². The molecular weight excluding hydrogens is 450 g/mol. The number of hydrogen-bond acceptors (Lipinski definition) is 5. The number of rotatable bonds is 5. The molecule has 0 radical (unpaired) electrons. The number of carbonyl (C=O) groups excluding carboxylic acids is 1. The van der Waals surface area contributed by atoms with Gasteiger partial charge in [-0.15, -0.1) is 0 Å². The molecule has 1 saturated carbocycles. The molecule has 5 rings (SSSR count). The van der Waals surface area contributed by atoms with Gasteiger partial charge in [-0.3, -0.25) is 14.6 Å². The van der Waals surface area contributed by atoms with Crippen molar-refractivity contribution in [2.24, 2.45) is 0 Å². The summed E-state index contributed by atoms with van der Waals surface area (Å²) in [6.07, 6.45) is 15.3. The summed E-state index contributed by atoms with van der Waals surface area (Å²) < 4.78 is 11.4. The van der Waals surface area contributed by atoms with Gasteiger partial charge in [0.05, 0.1) is 18.6 Å². The molecule has 36 heavy (non-hydrogen) atoms. The second kappa shape index (κ2) is 12.1. The van der Waals surface area contributed by atoms with E-state index in [2.05, 4.69) is 52.0 Å². The molecule has 6 nitrogen and oxygen atoms in total. The molecule has 1 aromatic carbocycles. The van der Waals surface area contributed by atoms with E-state index in [0.29, 0.717) is 25.7 Å². The van der Waals surface area contributed by atoms with E-state index in [1.54, 1.807) is 6.26 Å². The summed E-state index contributed by atoms with van der Waals surface area (Å²) in [5, 5.41) is 0. The Morgan fingerprint density at radius 2 is 1.83 bits per heavy atom. The van der Waals surface area contributed by atoms with E-state index in [1.807, 2.05) is 6.08 Å². The van der Waals surface area contributed by atoms with E-state index in [1.165, 1.54) is 42.4 Å². The van der Waals surface area contributed by atoms with Crippen LogP contribution in [-0.4, -0.2) is 79.1 Å². The van der Waals surface area contributed by atoms with Gasteiger partial charge in [0.25, 0.3) is 0 Å². The second-order valence-electron chi connectivity index (χ2n) is 10.4. The highest BCUT2D eigenvalue weighted by molar-refractivity contribution is 5.78. The number of ether oxygens (including phenoxy) is 2. The lowest BCUT2D eigenvalue weighted by molar-refractivity contribution is -0.134. The van der Waals surface area contributed by atoms with E-state index >= 15 is 0 Å². The van der Waals surface area contributed by atoms with Gasteiger partial charge in [0, 0.05) is 51.7 Å². The fraction of sp³-hybridized carbons (Fsp3) is 0.567. The van der Waals surface area contributed by atoms with Crippen LogP contribution >= 0.6 is 0 Å². The minimum Gasteiger partial charge on any atom is -0.498 e. The Kier molecular flexibility index (Phi) is 8.44. The monoisotopic (exact) mass is 491 g/mol. The van der Waals surface area contributed by atoms with E-state index in [-0.39, 0.29) is 0 Å². The van der Waals surface area contributed by atoms with Crippen molar-refractivity contribution in [1.82, 2.24) is 14.7 Å². The normalized spacial score (nSPS) is 26.1. The quantitative estimate of drug-likeness (QED) is 0.612. The van der Waals surface area contributed by atoms with Crippen LogP contribution in [0.4, 0.5) is 0 Å². The molecule has 0 bridgehead atoms. The van der Waals surface area contributed by atoms with Crippen LogP contribution in [0, 0.1) is 0 Å². The highest BCUT2D eigenvalue weighted by Crippen LogP contribution is 2.26. The number of amides is 1. The first-order valence-corrected chi connectivity index (χ1v) is 13.9. The van der Waals surface area contributed by atoms with Crippen LogP contribution in [0.15, 0.2) is 48.4 Å². The summed E-state index contributed by atoms with van der Waals surface area (Å²) in [7, 11) is 0. The smallest absolute Gasteiger partial charge is 0.236 e. The Morgan fingerprint density at radius 1 is 1.00 bits per heavy atom. The molecule has 0 aromatic heterocycles. The summed E-state index contributed by atoms with van der Waals surface area (Å²) in [4.78, 5) is 20.1. The number of benzene rings is 1. The zero-order valence-electron chi connectivity index (χ0n) is 21.8. The number of nitrogens with zero attached hydrogens (tertiary/aromatic N) is 3. The van der Waals surface area contributed by atoms with Crippen LogP contribution < -0.4 is 0 Å². The van der Waals surface area contributed by atoms with E-state index in [9.17, 15) is 4.79 Å². The molecule has 0 spiro atoms. The van der Waals surface area contributed by atoms with Gasteiger partial charge in [-0.1, -0.05) is 44.0 Å². The van der Waals surface area contributed by atoms with Crippen molar-refractivity contribution < 1.29 is 14.3 Å². The lowest BCUT2D eigenvalue weighted by Gasteiger charge is -2.39. The summed E-state index contributed by atoms with van der Waals surface area (Å²) in [5.74, 6) is 1.27. The minimum atomic E-state index is 0.290. The number of hydrogen-bond donors (Lipinski definition) is 0. The molecule has 1 amide bonds. The van der Waals surface area contributed by atoms with Gasteiger partial charge in [0.15, 0.2) is 0 Å². The Hall–Kier alpha value is -2.57. The van der Waals surface area contributed by atoms with Gasteiger partial charge in [-0.25, -0.2) is 0 Å². The van der Waals surface area contributed by atoms with Gasteiger partial charge in [0.1, 0.15) is 13.2 Å². The zero-order valence-corrected chi connectivity index (χ0v) is 21.8. The maximum absolute atomic E-state index is 13.1. The highest BCUT2D eigenvalue weighted by Gasteiger charge is 2.29. The predicted octanol–water partition coefficient (Wildman–Crippen LogP) is 4.37. The topological polar surface area (TPSA) is 45.3 Å². The molecule has 6 heteroatoms. The average Bonchev–Trinajstić information content (AvgIpc) is 3.46. The minimum absolute atomic E-state index is 0.290. The number of carbonyl (C=O) groups is 1. The number of piperazine rings is 1. The molecule has 1 aromatic rings. The zero-order chi connectivity index (χ0) is 24.7. The molecule has 0 N–H and O–H groups in total. The van der Waals surface area contributed by atoms with Crippen LogP contribution in [0.1, 0.15) is 55.7 Å². The largest absolute Gasteiger partial charge is 0.498 e. The number of allylic oxidation sites excluding steroid dienone is 5. The van der Waals surface area contributed by atoms with Crippen molar-refractivity contribution in [3.05, 3.63) is 65.1 Å². The van der Waals surface area contributed by atoms with Crippen LogP contribution in [0.25, 0.3) is 5.57 Å². The molecule has 194 valence electrons. The Balaban J connectivity index is 1.18. The Labute approximate surface area is 216 Å². The summed E-state index contributed by atoms with van der Waals surface area (Å²) in [5.41, 5.74) is 5.01. The molecule has 4 aliphatic rings. The molecule has 0 unspecified atom stereocenters. The maximum Gasteiger partial charge on any atom is 0.236 e. The Bertz CT molecular complexity index is 1000. The van der Waals surface area contributed by atoms with Crippen molar-refractivity contribution >= 4 is 11.5 Å². The van der Waals surface area contributed by atoms with Crippen molar-refractivity contribution in [1.29, 1.82) is 0 Å². The fourth-order valence-electron chi connectivity index (χ4n) is 5.93. The second-order valence-corrected chi connectivity index (χ2v) is 10.4. The third-order valence-electron chi connectivity index (χ3n) is 8.13. The first-order chi connectivity index (χ1) is 17.7. The third-order valence-corrected chi connectivity index (χ3v) is 8.13. The standard InChI is InChI=1S/C30H41N3O3/c1-2-29-10-9-24(12-18-35-19-20-36-29)25-7-8-27-22-31(13-11-26(27)21-25)23-30(34)33-16-14-32(15-17-33)28-5-3-4-6-28/h7-10,12,18,21,28H,2-6,11,13-17,19-20,22-23H2,1H3/b18-12+,24-9+,29-10+. The average molecular weight is 492 g/mol.